The van der Waals surface area contributed by atoms with E-state index in [2.05, 4.69) is 26.3 Å². The number of fused-ring (bicyclic) bond motifs is 6. The molecule has 0 N–H and O–H groups in total. The van der Waals surface area contributed by atoms with Crippen LogP contribution in [-0.2, 0) is 44.7 Å². The summed E-state index contributed by atoms with van der Waals surface area (Å²) >= 11 is 0. The van der Waals surface area contributed by atoms with E-state index in [-0.39, 0.29) is 18.1 Å². The minimum atomic E-state index is -0.587. The normalized spacial score (nSPS) is 11.8. The molecule has 0 spiro atoms. The van der Waals surface area contributed by atoms with Crippen molar-refractivity contribution < 1.29 is 90.4 Å². The minimum Gasteiger partial charge on any atom is -0.494 e. The van der Waals surface area contributed by atoms with Gasteiger partial charge in [-0.2, -0.15) is 0 Å². The highest BCUT2D eigenvalue weighted by atomic mass is 16.6. The third kappa shape index (κ3) is 26.5. The van der Waals surface area contributed by atoms with Crippen molar-refractivity contribution in [2.75, 3.05) is 52.9 Å². The fourth-order valence-electron chi connectivity index (χ4n) is 12.3. The van der Waals surface area contributed by atoms with Crippen molar-refractivity contribution in [3.63, 3.8) is 0 Å². The van der Waals surface area contributed by atoms with E-state index >= 15 is 0 Å². The Labute approximate surface area is 670 Å². The van der Waals surface area contributed by atoms with Gasteiger partial charge in [-0.05, 0) is 300 Å². The first-order valence-electron chi connectivity index (χ1n) is 38.7. The third-order valence-corrected chi connectivity index (χ3v) is 18.4. The molecule has 594 valence electrons. The van der Waals surface area contributed by atoms with Crippen molar-refractivity contribution in [3.8, 4) is 68.2 Å². The molecule has 0 amide bonds. The van der Waals surface area contributed by atoms with Crippen LogP contribution in [0.15, 0.2) is 255 Å². The topological polar surface area (TPSA) is 255 Å². The Bertz CT molecular complexity index is 4680. The molecular formula is C94H94N2O19. The molecule has 10 rings (SSSR count). The maximum Gasteiger partial charge on any atom is 0.343 e. The highest BCUT2D eigenvalue weighted by Gasteiger charge is 2.29. The van der Waals surface area contributed by atoms with Crippen LogP contribution in [0.1, 0.15) is 162 Å². The predicted molar refractivity (Wildman–Crippen MR) is 439 cm³/mol. The Hall–Kier alpha value is -13.2. The molecule has 115 heavy (non-hydrogen) atoms. The number of hydrogen-bond donors (Lipinski definition) is 0. The number of nitrogens with zero attached hydrogens (tertiary/aromatic N) is 2. The monoisotopic (exact) mass is 1550 g/mol. The van der Waals surface area contributed by atoms with Crippen molar-refractivity contribution in [2.24, 2.45) is 9.98 Å². The molecule has 8 aromatic carbocycles. The van der Waals surface area contributed by atoms with Gasteiger partial charge in [0.25, 0.3) is 0 Å². The zero-order valence-electron chi connectivity index (χ0n) is 64.4. The molecule has 0 fully saturated rings. The SMILES string of the molecule is C=CC(=O)OCCCCCCOc1ccc(COc2ccc3c(c2)/C(=N/C=C/C=C/N=C2c4cc(OC(=O)c5ccc(OCCCCCCOC(=O)C=C)cc5)ccc4-c4ccc(OC(=O)c5ccc(OCCCCCCOC(=O)C=C)cc5)cc42)c2cc(OC(=O)c4ccc(OCCCCCCOC(=O)C=C)cc4)ccc2-3)cc1. The number of ether oxygens (including phenoxy) is 12. The van der Waals surface area contributed by atoms with Gasteiger partial charge in [0.2, 0.25) is 0 Å². The predicted octanol–water partition coefficient (Wildman–Crippen LogP) is 19.0. The van der Waals surface area contributed by atoms with E-state index < -0.39 is 41.8 Å². The molecule has 0 aliphatic heterocycles. The van der Waals surface area contributed by atoms with Gasteiger partial charge in [0, 0.05) is 59.0 Å². The number of esters is 7. The molecule has 2 aliphatic rings. The first-order valence-corrected chi connectivity index (χ1v) is 38.7. The smallest absolute Gasteiger partial charge is 0.343 e. The number of hydrogen-bond acceptors (Lipinski definition) is 21. The van der Waals surface area contributed by atoms with Gasteiger partial charge in [0.05, 0.1) is 81.0 Å². The number of allylic oxidation sites excluding steroid dienone is 2. The van der Waals surface area contributed by atoms with Gasteiger partial charge in [-0.3, -0.25) is 9.98 Å². The Morgan fingerprint density at radius 2 is 0.504 bits per heavy atom. The molecule has 0 aromatic heterocycles. The number of carbonyl (C=O) groups excluding carboxylic acids is 7. The fourth-order valence-corrected chi connectivity index (χ4v) is 12.3. The number of unbranched alkanes of at least 4 members (excludes halogenated alkanes) is 12. The van der Waals surface area contributed by atoms with Crippen molar-refractivity contribution >= 4 is 53.2 Å². The number of rotatable bonds is 48. The molecule has 2 aliphatic carbocycles. The second-order valence-corrected chi connectivity index (χ2v) is 26.7. The average molecular weight is 1560 g/mol. The number of benzene rings is 8. The van der Waals surface area contributed by atoms with Crippen LogP contribution in [0.25, 0.3) is 22.3 Å². The van der Waals surface area contributed by atoms with E-state index in [1.54, 1.807) is 134 Å². The van der Waals surface area contributed by atoms with Crippen LogP contribution in [-0.4, -0.2) is 106 Å². The summed E-state index contributed by atoms with van der Waals surface area (Å²) in [7, 11) is 0. The van der Waals surface area contributed by atoms with Crippen molar-refractivity contribution in [1.82, 2.24) is 0 Å². The summed E-state index contributed by atoms with van der Waals surface area (Å²) < 4.78 is 68.5. The summed E-state index contributed by atoms with van der Waals surface area (Å²) in [5.41, 5.74) is 9.11. The van der Waals surface area contributed by atoms with E-state index in [0.29, 0.717) is 126 Å². The second-order valence-electron chi connectivity index (χ2n) is 26.7. The van der Waals surface area contributed by atoms with Crippen LogP contribution in [0.5, 0.6) is 46.0 Å². The Balaban J connectivity index is 0.849. The molecule has 0 radical (unpaired) electrons. The molecule has 21 heteroatoms. The van der Waals surface area contributed by atoms with Crippen LogP contribution in [0.3, 0.4) is 0 Å². The molecule has 0 heterocycles. The van der Waals surface area contributed by atoms with Crippen molar-refractivity contribution in [3.05, 3.63) is 290 Å². The van der Waals surface area contributed by atoms with Crippen LogP contribution < -0.4 is 37.9 Å². The van der Waals surface area contributed by atoms with Crippen LogP contribution >= 0.6 is 0 Å². The summed E-state index contributed by atoms with van der Waals surface area (Å²) in [6.07, 6.45) is 24.8. The van der Waals surface area contributed by atoms with Crippen LogP contribution in [0.2, 0.25) is 0 Å². The average Bonchev–Trinajstić information content (AvgIpc) is 1.61. The summed E-state index contributed by atoms with van der Waals surface area (Å²) in [5, 5.41) is 0. The summed E-state index contributed by atoms with van der Waals surface area (Å²) in [6.45, 7) is 17.3. The summed E-state index contributed by atoms with van der Waals surface area (Å²) in [4.78, 5) is 96.7. The van der Waals surface area contributed by atoms with Crippen LogP contribution in [0, 0.1) is 0 Å². The van der Waals surface area contributed by atoms with Gasteiger partial charge in [-0.25, -0.2) is 33.6 Å². The molecule has 0 saturated heterocycles. The van der Waals surface area contributed by atoms with Crippen molar-refractivity contribution in [2.45, 2.75) is 109 Å². The van der Waals surface area contributed by atoms with Gasteiger partial charge in [0.15, 0.2) is 0 Å². The van der Waals surface area contributed by atoms with Gasteiger partial charge in [-0.15, -0.1) is 0 Å². The Morgan fingerprint density at radius 1 is 0.261 bits per heavy atom. The first kappa shape index (κ1) is 84.3. The highest BCUT2D eigenvalue weighted by molar-refractivity contribution is 6.26. The zero-order valence-corrected chi connectivity index (χ0v) is 64.4. The lowest BCUT2D eigenvalue weighted by Gasteiger charge is -2.10. The lowest BCUT2D eigenvalue weighted by molar-refractivity contribution is -0.138. The quantitative estimate of drug-likeness (QED) is 0.00857. The van der Waals surface area contributed by atoms with E-state index in [1.807, 2.05) is 60.7 Å². The zero-order chi connectivity index (χ0) is 80.8. The van der Waals surface area contributed by atoms with Crippen LogP contribution in [0.4, 0.5) is 0 Å². The van der Waals surface area contributed by atoms with E-state index in [9.17, 15) is 33.6 Å². The number of aliphatic imine (C=N–C) groups is 2. The molecule has 0 saturated carbocycles. The van der Waals surface area contributed by atoms with Gasteiger partial charge in [0.1, 0.15) is 52.6 Å². The standard InChI is InChI=1S/C94H94N2O19/c1-5-86(97)108-57-23-13-9-19-53-104-70-35-27-66(28-36-70)65-112-74-43-47-78-79-48-44-75(113-92(101)67-29-37-71(38-30-67)105-54-20-10-14-24-58-109-87(98)6-2)62-83(79)90(82(78)61-74)95-51-17-18-52-96-91-84-63-76(114-93(102)68-31-39-72(40-32-68)106-55-21-11-15-25-59-110-88(99)7-3)45-49-80(84)81-50-46-77(64-85(81)91)115-94(103)69-33-41-73(42-34-69)107-56-22-12-16-26-60-111-89(100)8-4/h5-8,17-18,27-52,61-64H,1-4,9-16,19-26,53-60,65H2/b51-17+,52-18+,95-90-. The molecular weight excluding hydrogens is 1460 g/mol. The van der Waals surface area contributed by atoms with E-state index in [1.165, 1.54) is 0 Å². The summed E-state index contributed by atoms with van der Waals surface area (Å²) in [5.74, 6) is 0.525. The molecule has 0 atom stereocenters. The maximum absolute atomic E-state index is 13.8. The Morgan fingerprint density at radius 3 is 0.783 bits per heavy atom. The van der Waals surface area contributed by atoms with Gasteiger partial charge >= 0.3 is 41.8 Å². The van der Waals surface area contributed by atoms with Gasteiger partial charge < -0.3 is 56.8 Å². The lowest BCUT2D eigenvalue weighted by atomic mass is 10.1. The molecule has 0 unspecified atom stereocenters. The molecule has 21 nitrogen and oxygen atoms in total. The molecule has 0 bridgehead atoms. The third-order valence-electron chi connectivity index (χ3n) is 18.4. The van der Waals surface area contributed by atoms with Gasteiger partial charge in [-0.1, -0.05) is 38.4 Å². The second kappa shape index (κ2) is 45.4. The number of carbonyl (C=O) groups is 7. The van der Waals surface area contributed by atoms with E-state index in [0.717, 1.165) is 166 Å². The van der Waals surface area contributed by atoms with Crippen molar-refractivity contribution in [1.29, 1.82) is 0 Å². The molecule has 8 aromatic rings. The lowest BCUT2D eigenvalue weighted by Crippen LogP contribution is -2.09. The largest absolute Gasteiger partial charge is 0.494 e. The summed E-state index contributed by atoms with van der Waals surface area (Å²) in [6, 6.07) is 49.9. The first-order chi connectivity index (χ1) is 56.2. The Kier molecular flexibility index (Phi) is 33.2. The van der Waals surface area contributed by atoms with E-state index in [4.69, 9.17) is 66.8 Å². The highest BCUT2D eigenvalue weighted by Crippen LogP contribution is 2.43. The fraction of sp³-hybridized carbons (Fsp3) is 0.266. The maximum atomic E-state index is 13.8. The minimum absolute atomic E-state index is 0.264.